The molecule has 29 heavy (non-hydrogen) atoms. The fourth-order valence-corrected chi connectivity index (χ4v) is 4.23. The Hall–Kier alpha value is -2.27. The highest BCUT2D eigenvalue weighted by molar-refractivity contribution is 7.92. The fraction of sp³-hybridized carbons (Fsp3) is 0.500. The summed E-state index contributed by atoms with van der Waals surface area (Å²) in [5, 5.41) is 14.6. The van der Waals surface area contributed by atoms with Gasteiger partial charge in [-0.25, -0.2) is 13.4 Å². The van der Waals surface area contributed by atoms with Gasteiger partial charge in [-0.1, -0.05) is 0 Å². The molecule has 0 spiro atoms. The lowest BCUT2D eigenvalue weighted by atomic mass is 10.2. The van der Waals surface area contributed by atoms with Crippen molar-refractivity contribution in [2.75, 3.05) is 5.32 Å². The minimum atomic E-state index is -4.69. The number of hydrogen-bond donors (Lipinski definition) is 3. The van der Waals surface area contributed by atoms with Gasteiger partial charge in [-0.2, -0.15) is 13.2 Å². The van der Waals surface area contributed by atoms with Crippen LogP contribution < -0.4 is 10.6 Å². The zero-order valence-electron chi connectivity index (χ0n) is 15.8. The average Bonchev–Trinajstić information content (AvgIpc) is 3.47. The van der Waals surface area contributed by atoms with Crippen LogP contribution in [0.5, 0.6) is 0 Å². The standard InChI is InChI=1S/C18H22F3N3O4S/c1-10(25)11(2)28-16-15(18(19,20)21)9-22-17(24-16)23-12-3-5-13(6-4-12)29(26,27)14-7-8-14/h3-6,9-11,14,17,23-25H,7-8H2,1-2H3/t10-,11-,17?/m1/s1. The van der Waals surface area contributed by atoms with Crippen molar-refractivity contribution in [2.45, 2.75) is 61.5 Å². The fourth-order valence-electron chi connectivity index (χ4n) is 2.57. The van der Waals surface area contributed by atoms with E-state index < -0.39 is 46.0 Å². The number of aliphatic hydroxyl groups is 1. The lowest BCUT2D eigenvalue weighted by molar-refractivity contribution is -0.0930. The molecule has 1 aromatic carbocycles. The molecule has 3 N–H and O–H groups in total. The molecule has 160 valence electrons. The molecule has 1 unspecified atom stereocenters. The summed E-state index contributed by atoms with van der Waals surface area (Å²) in [5.74, 6) is -0.550. The van der Waals surface area contributed by atoms with Crippen LogP contribution in [0.2, 0.25) is 0 Å². The Morgan fingerprint density at radius 2 is 1.86 bits per heavy atom. The van der Waals surface area contributed by atoms with Gasteiger partial charge in [0.15, 0.2) is 16.1 Å². The number of anilines is 1. The molecule has 0 saturated heterocycles. The van der Waals surface area contributed by atoms with Gasteiger partial charge in [0.05, 0.1) is 16.2 Å². The molecule has 0 amide bonds. The Morgan fingerprint density at radius 1 is 1.24 bits per heavy atom. The normalized spacial score (nSPS) is 22.1. The van der Waals surface area contributed by atoms with Crippen LogP contribution in [0.3, 0.4) is 0 Å². The van der Waals surface area contributed by atoms with Crippen LogP contribution in [0.1, 0.15) is 26.7 Å². The summed E-state index contributed by atoms with van der Waals surface area (Å²) in [6.07, 6.45) is -5.55. The summed E-state index contributed by atoms with van der Waals surface area (Å²) < 4.78 is 69.3. The molecule has 0 aromatic heterocycles. The number of halogens is 3. The second-order valence-corrected chi connectivity index (χ2v) is 9.27. The van der Waals surface area contributed by atoms with Crippen LogP contribution in [0.25, 0.3) is 0 Å². The van der Waals surface area contributed by atoms with Gasteiger partial charge in [0.2, 0.25) is 5.88 Å². The van der Waals surface area contributed by atoms with Crippen molar-refractivity contribution in [3.8, 4) is 0 Å². The molecule has 1 fully saturated rings. The molecular formula is C18H22F3N3O4S. The number of hydrogen-bond acceptors (Lipinski definition) is 7. The summed E-state index contributed by atoms with van der Waals surface area (Å²) in [7, 11) is -3.32. The van der Waals surface area contributed by atoms with Gasteiger partial charge in [-0.3, -0.25) is 0 Å². The van der Waals surface area contributed by atoms with E-state index in [1.807, 2.05) is 0 Å². The van der Waals surface area contributed by atoms with Crippen LogP contribution in [-0.2, 0) is 14.6 Å². The van der Waals surface area contributed by atoms with Crippen LogP contribution in [0, 0.1) is 0 Å². The van der Waals surface area contributed by atoms with Crippen LogP contribution >= 0.6 is 0 Å². The third kappa shape index (κ3) is 5.02. The monoisotopic (exact) mass is 433 g/mol. The lowest BCUT2D eigenvalue weighted by Gasteiger charge is -2.29. The molecule has 0 bridgehead atoms. The summed E-state index contributed by atoms with van der Waals surface area (Å²) >= 11 is 0. The quantitative estimate of drug-likeness (QED) is 0.611. The Labute approximate surface area is 166 Å². The number of allylic oxidation sites excluding steroid dienone is 1. The number of aliphatic hydroxyl groups excluding tert-OH is 1. The van der Waals surface area contributed by atoms with E-state index in [1.54, 1.807) is 0 Å². The molecule has 1 saturated carbocycles. The van der Waals surface area contributed by atoms with Crippen molar-refractivity contribution in [3.63, 3.8) is 0 Å². The maximum Gasteiger partial charge on any atom is 0.422 e. The molecule has 3 rings (SSSR count). The first kappa shape index (κ1) is 21.4. The van der Waals surface area contributed by atoms with Gasteiger partial charge in [-0.05, 0) is 51.0 Å². The van der Waals surface area contributed by atoms with E-state index in [0.29, 0.717) is 24.7 Å². The minimum Gasteiger partial charge on any atom is -0.473 e. The third-order valence-electron chi connectivity index (χ3n) is 4.60. The third-order valence-corrected chi connectivity index (χ3v) is 6.88. The van der Waals surface area contributed by atoms with E-state index in [9.17, 15) is 26.7 Å². The number of aliphatic imine (C=N–C) groups is 1. The first-order valence-corrected chi connectivity index (χ1v) is 10.6. The smallest absolute Gasteiger partial charge is 0.422 e. The van der Waals surface area contributed by atoms with Crippen molar-refractivity contribution in [2.24, 2.45) is 4.99 Å². The number of nitrogens with zero attached hydrogens (tertiary/aromatic N) is 1. The number of rotatable bonds is 7. The molecule has 1 aromatic rings. The van der Waals surface area contributed by atoms with Crippen molar-refractivity contribution in [1.82, 2.24) is 5.32 Å². The van der Waals surface area contributed by atoms with Crippen LogP contribution in [0.15, 0.2) is 45.6 Å². The van der Waals surface area contributed by atoms with Gasteiger partial charge in [-0.15, -0.1) is 0 Å². The predicted octanol–water partition coefficient (Wildman–Crippen LogP) is 2.55. The first-order chi connectivity index (χ1) is 13.5. The van der Waals surface area contributed by atoms with Gasteiger partial charge in [0.25, 0.3) is 0 Å². The van der Waals surface area contributed by atoms with E-state index in [2.05, 4.69) is 15.6 Å². The largest absolute Gasteiger partial charge is 0.473 e. The highest BCUT2D eigenvalue weighted by Crippen LogP contribution is 2.34. The topological polar surface area (TPSA) is 100 Å². The zero-order valence-corrected chi connectivity index (χ0v) is 16.6. The maximum absolute atomic E-state index is 13.2. The van der Waals surface area contributed by atoms with Gasteiger partial charge in [0, 0.05) is 11.9 Å². The molecule has 1 aliphatic heterocycles. The molecule has 7 nitrogen and oxygen atoms in total. The molecular weight excluding hydrogens is 411 g/mol. The Morgan fingerprint density at radius 3 is 2.38 bits per heavy atom. The summed E-state index contributed by atoms with van der Waals surface area (Å²) in [4.78, 5) is 4.01. The second kappa shape index (κ2) is 7.86. The average molecular weight is 433 g/mol. The van der Waals surface area contributed by atoms with Crippen LogP contribution in [0.4, 0.5) is 18.9 Å². The van der Waals surface area contributed by atoms with E-state index in [1.165, 1.54) is 38.1 Å². The van der Waals surface area contributed by atoms with Crippen molar-refractivity contribution in [1.29, 1.82) is 0 Å². The molecule has 2 aliphatic rings. The summed E-state index contributed by atoms with van der Waals surface area (Å²) in [6, 6.07) is 5.95. The lowest BCUT2D eigenvalue weighted by Crippen LogP contribution is -2.42. The minimum absolute atomic E-state index is 0.208. The Balaban J connectivity index is 1.72. The summed E-state index contributed by atoms with van der Waals surface area (Å²) in [6.45, 7) is 2.85. The zero-order chi connectivity index (χ0) is 21.4. The van der Waals surface area contributed by atoms with E-state index in [0.717, 1.165) is 0 Å². The molecule has 0 radical (unpaired) electrons. The Bertz CT molecular complexity index is 907. The van der Waals surface area contributed by atoms with Gasteiger partial charge < -0.3 is 20.5 Å². The van der Waals surface area contributed by atoms with Crippen molar-refractivity contribution < 1.29 is 31.4 Å². The van der Waals surface area contributed by atoms with Crippen molar-refractivity contribution >= 4 is 21.7 Å². The number of benzene rings is 1. The molecule has 1 heterocycles. The summed E-state index contributed by atoms with van der Waals surface area (Å²) in [5.41, 5.74) is -0.623. The predicted molar refractivity (Wildman–Crippen MR) is 101 cm³/mol. The number of ether oxygens (including phenoxy) is 1. The highest BCUT2D eigenvalue weighted by Gasteiger charge is 2.40. The van der Waals surface area contributed by atoms with Gasteiger partial charge in [0.1, 0.15) is 11.7 Å². The number of sulfone groups is 1. The van der Waals surface area contributed by atoms with E-state index >= 15 is 0 Å². The maximum atomic E-state index is 13.2. The number of alkyl halides is 3. The SMILES string of the molecule is C[C@@H](O)[C@@H](C)OC1=C(C(F)(F)F)C=NC(Nc2ccc(S(=O)(=O)C3CC3)cc2)N1. The van der Waals surface area contributed by atoms with E-state index in [4.69, 9.17) is 4.74 Å². The molecule has 1 aliphatic carbocycles. The molecule has 11 heteroatoms. The van der Waals surface area contributed by atoms with E-state index in [-0.39, 0.29) is 10.1 Å². The van der Waals surface area contributed by atoms with Gasteiger partial charge >= 0.3 is 6.18 Å². The highest BCUT2D eigenvalue weighted by atomic mass is 32.2. The second-order valence-electron chi connectivity index (χ2n) is 7.04. The van der Waals surface area contributed by atoms with Crippen LogP contribution in [-0.4, -0.2) is 49.7 Å². The first-order valence-electron chi connectivity index (χ1n) is 9.05. The Kier molecular flexibility index (Phi) is 5.81. The number of nitrogens with one attached hydrogen (secondary N) is 2. The van der Waals surface area contributed by atoms with Crippen molar-refractivity contribution in [3.05, 3.63) is 35.7 Å². The molecule has 3 atom stereocenters.